The number of fused-ring (bicyclic) bond motifs is 2. The molecule has 0 atom stereocenters. The van der Waals surface area contributed by atoms with Crippen LogP contribution in [0.4, 0.5) is 0 Å². The molecule has 0 aliphatic carbocycles. The number of oxazole rings is 1. The summed E-state index contributed by atoms with van der Waals surface area (Å²) >= 11 is 0. The van der Waals surface area contributed by atoms with Crippen molar-refractivity contribution < 1.29 is 19.0 Å². The third-order valence-corrected chi connectivity index (χ3v) is 3.29. The molecule has 1 N–H and O–H groups in total. The van der Waals surface area contributed by atoms with Crippen LogP contribution in [0, 0.1) is 0 Å². The van der Waals surface area contributed by atoms with Gasteiger partial charge in [0.05, 0.1) is 6.61 Å². The molecule has 0 radical (unpaired) electrons. The van der Waals surface area contributed by atoms with Crippen LogP contribution in [0.2, 0.25) is 0 Å². The van der Waals surface area contributed by atoms with Crippen LogP contribution in [0.1, 0.15) is 5.56 Å². The van der Waals surface area contributed by atoms with E-state index in [4.69, 9.17) is 13.9 Å². The van der Waals surface area contributed by atoms with Crippen LogP contribution in [0.5, 0.6) is 11.5 Å². The average Bonchev–Trinajstić information content (AvgIpc) is 3.11. The predicted molar refractivity (Wildman–Crippen MR) is 71.5 cm³/mol. The molecule has 0 spiro atoms. The van der Waals surface area contributed by atoms with Crippen molar-refractivity contribution in [2.45, 2.75) is 6.61 Å². The van der Waals surface area contributed by atoms with Gasteiger partial charge in [0.2, 0.25) is 12.7 Å². The zero-order valence-corrected chi connectivity index (χ0v) is 10.5. The summed E-state index contributed by atoms with van der Waals surface area (Å²) in [7, 11) is 0. The van der Waals surface area contributed by atoms with Crippen molar-refractivity contribution in [2.75, 3.05) is 6.79 Å². The van der Waals surface area contributed by atoms with E-state index in [1.54, 1.807) is 0 Å². The second-order valence-electron chi connectivity index (χ2n) is 4.51. The second kappa shape index (κ2) is 4.25. The normalized spacial score (nSPS) is 13.1. The Morgan fingerprint density at radius 2 is 2.00 bits per heavy atom. The summed E-state index contributed by atoms with van der Waals surface area (Å²) in [5.41, 5.74) is 2.88. The first kappa shape index (κ1) is 11.3. The van der Waals surface area contributed by atoms with Crippen molar-refractivity contribution >= 4 is 11.1 Å². The maximum atomic E-state index is 9.32. The van der Waals surface area contributed by atoms with Gasteiger partial charge < -0.3 is 19.0 Å². The van der Waals surface area contributed by atoms with Crippen LogP contribution >= 0.6 is 0 Å². The standard InChI is InChI=1S/C15H11NO4/c17-7-10-2-1-3-11-14(10)20-15(16-11)9-4-5-12-13(6-9)19-8-18-12/h1-6,17H,7-8H2. The molecular formula is C15H11NO4. The number of hydrogen-bond donors (Lipinski definition) is 1. The molecule has 2 heterocycles. The number of hydrogen-bond acceptors (Lipinski definition) is 5. The van der Waals surface area contributed by atoms with Crippen molar-refractivity contribution in [3.8, 4) is 23.0 Å². The third kappa shape index (κ3) is 1.64. The molecule has 1 aliphatic rings. The van der Waals surface area contributed by atoms with E-state index in [-0.39, 0.29) is 13.4 Å². The SMILES string of the molecule is OCc1cccc2nc(-c3ccc4c(c3)OCO4)oc12. The van der Waals surface area contributed by atoms with Gasteiger partial charge in [-0.1, -0.05) is 12.1 Å². The minimum atomic E-state index is -0.0763. The van der Waals surface area contributed by atoms with Crippen molar-refractivity contribution in [2.24, 2.45) is 0 Å². The topological polar surface area (TPSA) is 64.7 Å². The van der Waals surface area contributed by atoms with Gasteiger partial charge in [-0.05, 0) is 24.3 Å². The van der Waals surface area contributed by atoms with E-state index in [1.165, 1.54) is 0 Å². The number of benzene rings is 2. The molecule has 0 fully saturated rings. The number of para-hydroxylation sites is 1. The van der Waals surface area contributed by atoms with E-state index in [2.05, 4.69) is 4.98 Å². The third-order valence-electron chi connectivity index (χ3n) is 3.29. The zero-order chi connectivity index (χ0) is 13.5. The fraction of sp³-hybridized carbons (Fsp3) is 0.133. The Hall–Kier alpha value is -2.53. The van der Waals surface area contributed by atoms with Gasteiger partial charge in [-0.2, -0.15) is 0 Å². The number of aliphatic hydroxyl groups is 1. The summed E-state index contributed by atoms with van der Waals surface area (Å²) in [6, 6.07) is 11.1. The van der Waals surface area contributed by atoms with E-state index < -0.39 is 0 Å². The molecule has 0 saturated heterocycles. The van der Waals surface area contributed by atoms with Crippen LogP contribution < -0.4 is 9.47 Å². The Morgan fingerprint density at radius 1 is 1.10 bits per heavy atom. The van der Waals surface area contributed by atoms with Crippen LogP contribution in [0.3, 0.4) is 0 Å². The quantitative estimate of drug-likeness (QED) is 0.775. The molecule has 0 bridgehead atoms. The molecule has 1 aromatic heterocycles. The van der Waals surface area contributed by atoms with Crippen molar-refractivity contribution in [3.63, 3.8) is 0 Å². The average molecular weight is 269 g/mol. The molecule has 0 saturated carbocycles. The number of aromatic nitrogens is 1. The molecule has 20 heavy (non-hydrogen) atoms. The Balaban J connectivity index is 1.86. The summed E-state index contributed by atoms with van der Waals surface area (Å²) < 4.78 is 16.4. The molecule has 1 aliphatic heterocycles. The number of rotatable bonds is 2. The highest BCUT2D eigenvalue weighted by Crippen LogP contribution is 2.36. The fourth-order valence-corrected chi connectivity index (χ4v) is 2.28. The van der Waals surface area contributed by atoms with Crippen LogP contribution in [0.15, 0.2) is 40.8 Å². The van der Waals surface area contributed by atoms with E-state index in [0.29, 0.717) is 17.2 Å². The lowest BCUT2D eigenvalue weighted by molar-refractivity contribution is 0.174. The van der Waals surface area contributed by atoms with E-state index >= 15 is 0 Å². The lowest BCUT2D eigenvalue weighted by Gasteiger charge is -1.98. The second-order valence-corrected chi connectivity index (χ2v) is 4.51. The van der Waals surface area contributed by atoms with Crippen molar-refractivity contribution in [1.29, 1.82) is 0 Å². The highest BCUT2D eigenvalue weighted by molar-refractivity contribution is 5.79. The van der Waals surface area contributed by atoms with Crippen molar-refractivity contribution in [1.82, 2.24) is 4.98 Å². The van der Waals surface area contributed by atoms with Gasteiger partial charge >= 0.3 is 0 Å². The minimum Gasteiger partial charge on any atom is -0.454 e. The molecule has 0 unspecified atom stereocenters. The van der Waals surface area contributed by atoms with E-state index in [0.717, 1.165) is 22.4 Å². The zero-order valence-electron chi connectivity index (χ0n) is 10.5. The Labute approximate surface area is 114 Å². The summed E-state index contributed by atoms with van der Waals surface area (Å²) in [4.78, 5) is 4.44. The van der Waals surface area contributed by atoms with Gasteiger partial charge in [0, 0.05) is 11.1 Å². The largest absolute Gasteiger partial charge is 0.454 e. The van der Waals surface area contributed by atoms with E-state index in [9.17, 15) is 5.11 Å². The molecule has 2 aromatic carbocycles. The summed E-state index contributed by atoms with van der Waals surface area (Å²) in [5.74, 6) is 1.91. The minimum absolute atomic E-state index is 0.0763. The first-order valence-electron chi connectivity index (χ1n) is 6.24. The van der Waals surface area contributed by atoms with E-state index in [1.807, 2.05) is 36.4 Å². The van der Waals surface area contributed by atoms with Gasteiger partial charge in [0.1, 0.15) is 5.52 Å². The molecule has 0 amide bonds. The van der Waals surface area contributed by atoms with Crippen LogP contribution in [-0.4, -0.2) is 16.9 Å². The number of aliphatic hydroxyl groups excluding tert-OH is 1. The Bertz CT molecular complexity index is 794. The summed E-state index contributed by atoms with van der Waals surface area (Å²) in [6.45, 7) is 0.161. The first-order valence-corrected chi connectivity index (χ1v) is 6.24. The van der Waals surface area contributed by atoms with Crippen LogP contribution in [-0.2, 0) is 6.61 Å². The molecular weight excluding hydrogens is 258 g/mol. The monoisotopic (exact) mass is 269 g/mol. The molecule has 4 rings (SSSR count). The maximum absolute atomic E-state index is 9.32. The molecule has 5 heteroatoms. The number of ether oxygens (including phenoxy) is 2. The van der Waals surface area contributed by atoms with Crippen molar-refractivity contribution in [3.05, 3.63) is 42.0 Å². The lowest BCUT2D eigenvalue weighted by Crippen LogP contribution is -1.92. The lowest BCUT2D eigenvalue weighted by atomic mass is 10.2. The molecule has 3 aromatic rings. The predicted octanol–water partition coefficient (Wildman–Crippen LogP) is 2.72. The van der Waals surface area contributed by atoms with Gasteiger partial charge in [-0.15, -0.1) is 0 Å². The Morgan fingerprint density at radius 3 is 2.90 bits per heavy atom. The maximum Gasteiger partial charge on any atom is 0.231 e. The molecule has 5 nitrogen and oxygen atoms in total. The summed E-state index contributed by atoms with van der Waals surface area (Å²) in [5, 5.41) is 9.32. The first-order chi connectivity index (χ1) is 9.85. The highest BCUT2D eigenvalue weighted by atomic mass is 16.7. The summed E-state index contributed by atoms with van der Waals surface area (Å²) in [6.07, 6.45) is 0. The highest BCUT2D eigenvalue weighted by Gasteiger charge is 2.17. The van der Waals surface area contributed by atoms with Gasteiger partial charge in [0.15, 0.2) is 17.1 Å². The van der Waals surface area contributed by atoms with Gasteiger partial charge in [0.25, 0.3) is 0 Å². The van der Waals surface area contributed by atoms with Crippen LogP contribution in [0.25, 0.3) is 22.6 Å². The van der Waals surface area contributed by atoms with Gasteiger partial charge in [-0.3, -0.25) is 0 Å². The fourth-order valence-electron chi connectivity index (χ4n) is 2.28. The molecule has 100 valence electrons. The smallest absolute Gasteiger partial charge is 0.231 e. The Kier molecular flexibility index (Phi) is 2.40. The number of nitrogens with zero attached hydrogens (tertiary/aromatic N) is 1. The van der Waals surface area contributed by atoms with Gasteiger partial charge in [-0.25, -0.2) is 4.98 Å².